The summed E-state index contributed by atoms with van der Waals surface area (Å²) in [6, 6.07) is 5.65. The molecule has 0 bridgehead atoms. The zero-order valence-corrected chi connectivity index (χ0v) is 13.7. The van der Waals surface area contributed by atoms with Crippen LogP contribution in [0.2, 0.25) is 0 Å². The van der Waals surface area contributed by atoms with Crippen LogP contribution in [0.3, 0.4) is 0 Å². The number of methoxy groups -OCH3 is 1. The fourth-order valence-corrected chi connectivity index (χ4v) is 2.87. The van der Waals surface area contributed by atoms with Gasteiger partial charge in [0.05, 0.1) is 11.9 Å². The number of rotatable bonds is 5. The molecule has 3 heterocycles. The SMILES string of the molecule is COCC(=O)N1CCCC(c2cncc(Nc3ccccn3)n2)C1. The van der Waals surface area contributed by atoms with E-state index in [0.717, 1.165) is 30.9 Å². The number of piperidine rings is 1. The van der Waals surface area contributed by atoms with E-state index < -0.39 is 0 Å². The molecule has 0 spiro atoms. The second-order valence-electron chi connectivity index (χ2n) is 5.78. The third-order valence-electron chi connectivity index (χ3n) is 4.03. The normalized spacial score (nSPS) is 17.5. The lowest BCUT2D eigenvalue weighted by Crippen LogP contribution is -2.41. The maximum absolute atomic E-state index is 12.0. The molecule has 1 saturated heterocycles. The van der Waals surface area contributed by atoms with Gasteiger partial charge in [0.15, 0.2) is 0 Å². The minimum absolute atomic E-state index is 0.0259. The molecule has 0 aromatic carbocycles. The largest absolute Gasteiger partial charge is 0.375 e. The Balaban J connectivity index is 1.70. The van der Waals surface area contributed by atoms with Gasteiger partial charge in [0.1, 0.15) is 18.2 Å². The second-order valence-corrected chi connectivity index (χ2v) is 5.78. The molecule has 3 rings (SSSR count). The Kier molecular flexibility index (Phi) is 5.32. The van der Waals surface area contributed by atoms with Crippen LogP contribution >= 0.6 is 0 Å². The molecule has 2 aromatic rings. The summed E-state index contributed by atoms with van der Waals surface area (Å²) >= 11 is 0. The molecule has 1 N–H and O–H groups in total. The predicted octanol–water partition coefficient (Wildman–Crippen LogP) is 1.97. The van der Waals surface area contributed by atoms with Crippen molar-refractivity contribution in [3.63, 3.8) is 0 Å². The van der Waals surface area contributed by atoms with Crippen molar-refractivity contribution in [3.05, 3.63) is 42.5 Å². The number of hydrogen-bond donors (Lipinski definition) is 1. The summed E-state index contributed by atoms with van der Waals surface area (Å²) in [5, 5.41) is 3.15. The molecule has 7 nitrogen and oxygen atoms in total. The van der Waals surface area contributed by atoms with E-state index in [1.807, 2.05) is 23.1 Å². The number of hydrogen-bond acceptors (Lipinski definition) is 6. The van der Waals surface area contributed by atoms with Gasteiger partial charge in [0, 0.05) is 38.5 Å². The summed E-state index contributed by atoms with van der Waals surface area (Å²) in [7, 11) is 1.54. The first-order chi connectivity index (χ1) is 11.8. The van der Waals surface area contributed by atoms with E-state index >= 15 is 0 Å². The Bertz CT molecular complexity index is 680. The van der Waals surface area contributed by atoms with Crippen LogP contribution in [0.5, 0.6) is 0 Å². The van der Waals surface area contributed by atoms with E-state index in [-0.39, 0.29) is 18.4 Å². The Morgan fingerprint density at radius 3 is 3.08 bits per heavy atom. The zero-order chi connectivity index (χ0) is 16.8. The van der Waals surface area contributed by atoms with Crippen LogP contribution in [0.15, 0.2) is 36.8 Å². The molecular formula is C17H21N5O2. The van der Waals surface area contributed by atoms with Crippen molar-refractivity contribution in [2.24, 2.45) is 0 Å². The highest BCUT2D eigenvalue weighted by Crippen LogP contribution is 2.26. The van der Waals surface area contributed by atoms with Crippen molar-refractivity contribution >= 4 is 17.5 Å². The Morgan fingerprint density at radius 1 is 1.38 bits per heavy atom. The highest BCUT2D eigenvalue weighted by Gasteiger charge is 2.25. The Hall–Kier alpha value is -2.54. The lowest BCUT2D eigenvalue weighted by atomic mass is 9.95. The van der Waals surface area contributed by atoms with Crippen molar-refractivity contribution in [1.29, 1.82) is 0 Å². The summed E-state index contributed by atoms with van der Waals surface area (Å²) in [6.07, 6.45) is 7.13. The fourth-order valence-electron chi connectivity index (χ4n) is 2.87. The molecule has 1 fully saturated rings. The molecule has 7 heteroatoms. The van der Waals surface area contributed by atoms with Gasteiger partial charge < -0.3 is 15.0 Å². The first-order valence-electron chi connectivity index (χ1n) is 8.03. The number of anilines is 2. The van der Waals surface area contributed by atoms with Gasteiger partial charge in [0.2, 0.25) is 5.91 Å². The molecule has 0 saturated carbocycles. The standard InChI is InChI=1S/C17H21N5O2/c1-24-12-17(23)22-8-4-5-13(11-22)14-9-18-10-16(20-14)21-15-6-2-3-7-19-15/h2-3,6-7,9-10,13H,4-5,8,11-12H2,1H3,(H,19,20,21). The molecule has 1 unspecified atom stereocenters. The van der Waals surface area contributed by atoms with E-state index in [2.05, 4.69) is 20.3 Å². The first kappa shape index (κ1) is 16.3. The van der Waals surface area contributed by atoms with Gasteiger partial charge in [-0.15, -0.1) is 0 Å². The number of carbonyl (C=O) groups excluding carboxylic acids is 1. The number of nitrogens with one attached hydrogen (secondary N) is 1. The Labute approximate surface area is 141 Å². The molecule has 2 aromatic heterocycles. The summed E-state index contributed by atoms with van der Waals surface area (Å²) in [5.74, 6) is 1.60. The Morgan fingerprint density at radius 2 is 2.29 bits per heavy atom. The first-order valence-corrected chi connectivity index (χ1v) is 8.03. The maximum atomic E-state index is 12.0. The zero-order valence-electron chi connectivity index (χ0n) is 13.7. The summed E-state index contributed by atoms with van der Waals surface area (Å²) in [4.78, 5) is 27.0. The van der Waals surface area contributed by atoms with E-state index in [9.17, 15) is 4.79 Å². The van der Waals surface area contributed by atoms with Crippen LogP contribution in [0.1, 0.15) is 24.5 Å². The lowest BCUT2D eigenvalue weighted by molar-refractivity contribution is -0.136. The molecule has 0 radical (unpaired) electrons. The quantitative estimate of drug-likeness (QED) is 0.904. The second kappa shape index (κ2) is 7.83. The predicted molar refractivity (Wildman–Crippen MR) is 90.0 cm³/mol. The van der Waals surface area contributed by atoms with Crippen molar-refractivity contribution in [2.45, 2.75) is 18.8 Å². The van der Waals surface area contributed by atoms with Crippen molar-refractivity contribution in [1.82, 2.24) is 19.9 Å². The van der Waals surface area contributed by atoms with Crippen molar-refractivity contribution in [3.8, 4) is 0 Å². The van der Waals surface area contributed by atoms with E-state index in [1.165, 1.54) is 7.11 Å². The van der Waals surface area contributed by atoms with Crippen LogP contribution < -0.4 is 5.32 Å². The van der Waals surface area contributed by atoms with Gasteiger partial charge in [-0.1, -0.05) is 6.07 Å². The number of nitrogens with zero attached hydrogens (tertiary/aromatic N) is 4. The van der Waals surface area contributed by atoms with Crippen molar-refractivity contribution < 1.29 is 9.53 Å². The molecule has 24 heavy (non-hydrogen) atoms. The lowest BCUT2D eigenvalue weighted by Gasteiger charge is -2.32. The molecular weight excluding hydrogens is 306 g/mol. The number of pyridine rings is 1. The van der Waals surface area contributed by atoms with Gasteiger partial charge in [-0.25, -0.2) is 9.97 Å². The van der Waals surface area contributed by atoms with Crippen LogP contribution in [0.25, 0.3) is 0 Å². The molecule has 1 amide bonds. The third kappa shape index (κ3) is 4.05. The van der Waals surface area contributed by atoms with Crippen LogP contribution in [0.4, 0.5) is 11.6 Å². The van der Waals surface area contributed by atoms with E-state index in [4.69, 9.17) is 4.74 Å². The number of carbonyl (C=O) groups is 1. The topological polar surface area (TPSA) is 80.2 Å². The van der Waals surface area contributed by atoms with E-state index in [0.29, 0.717) is 12.4 Å². The third-order valence-corrected chi connectivity index (χ3v) is 4.03. The van der Waals surface area contributed by atoms with Crippen LogP contribution in [-0.4, -0.2) is 52.6 Å². The maximum Gasteiger partial charge on any atom is 0.248 e. The van der Waals surface area contributed by atoms with Crippen molar-refractivity contribution in [2.75, 3.05) is 32.1 Å². The number of ether oxygens (including phenoxy) is 1. The average Bonchev–Trinajstić information content (AvgIpc) is 2.63. The number of aromatic nitrogens is 3. The molecule has 126 valence electrons. The monoisotopic (exact) mass is 327 g/mol. The average molecular weight is 327 g/mol. The highest BCUT2D eigenvalue weighted by atomic mass is 16.5. The van der Waals surface area contributed by atoms with Gasteiger partial charge in [-0.3, -0.25) is 9.78 Å². The van der Waals surface area contributed by atoms with Gasteiger partial charge >= 0.3 is 0 Å². The molecule has 0 aliphatic carbocycles. The smallest absolute Gasteiger partial charge is 0.248 e. The minimum Gasteiger partial charge on any atom is -0.375 e. The highest BCUT2D eigenvalue weighted by molar-refractivity contribution is 5.77. The summed E-state index contributed by atoms with van der Waals surface area (Å²) in [6.45, 7) is 1.56. The minimum atomic E-state index is 0.0259. The van der Waals surface area contributed by atoms with Gasteiger partial charge in [-0.05, 0) is 25.0 Å². The number of amides is 1. The number of likely N-dealkylation sites (tertiary alicyclic amines) is 1. The molecule has 1 aliphatic heterocycles. The van der Waals surface area contributed by atoms with Crippen LogP contribution in [0, 0.1) is 0 Å². The molecule has 1 atom stereocenters. The van der Waals surface area contributed by atoms with Gasteiger partial charge in [-0.2, -0.15) is 0 Å². The summed E-state index contributed by atoms with van der Waals surface area (Å²) < 4.78 is 4.95. The van der Waals surface area contributed by atoms with Gasteiger partial charge in [0.25, 0.3) is 0 Å². The van der Waals surface area contributed by atoms with Crippen LogP contribution in [-0.2, 0) is 9.53 Å². The molecule has 1 aliphatic rings. The fraction of sp³-hybridized carbons (Fsp3) is 0.412. The summed E-state index contributed by atoms with van der Waals surface area (Å²) in [5.41, 5.74) is 0.894. The van der Waals surface area contributed by atoms with E-state index in [1.54, 1.807) is 18.6 Å².